The standard InChI is InChI=1S/C23H28N2O3/c1-4-27-21-9-7-18(15-22(21)28-5-2)10-12-24-23(26)16-25-13-11-19-14-17(3)6-8-20(19)25/h6-9,11,13-15H,4-5,10,12,16H2,1-3H3,(H,24,26). The first-order valence-electron chi connectivity index (χ1n) is 9.81. The molecule has 0 saturated carbocycles. The molecule has 0 aliphatic heterocycles. The van der Waals surface area contributed by atoms with Crippen LogP contribution >= 0.6 is 0 Å². The summed E-state index contributed by atoms with van der Waals surface area (Å²) < 4.78 is 13.2. The zero-order valence-electron chi connectivity index (χ0n) is 16.8. The fourth-order valence-corrected chi connectivity index (χ4v) is 3.27. The second-order valence-corrected chi connectivity index (χ2v) is 6.75. The Labute approximate surface area is 166 Å². The van der Waals surface area contributed by atoms with Gasteiger partial charge in [-0.25, -0.2) is 0 Å². The van der Waals surface area contributed by atoms with E-state index in [0.717, 1.165) is 34.4 Å². The van der Waals surface area contributed by atoms with Crippen molar-refractivity contribution in [2.45, 2.75) is 33.7 Å². The van der Waals surface area contributed by atoms with E-state index < -0.39 is 0 Å². The molecule has 0 atom stereocenters. The number of nitrogens with one attached hydrogen (secondary N) is 1. The van der Waals surface area contributed by atoms with Crippen molar-refractivity contribution in [2.75, 3.05) is 19.8 Å². The molecule has 3 aromatic rings. The maximum Gasteiger partial charge on any atom is 0.239 e. The van der Waals surface area contributed by atoms with Crippen LogP contribution in [0, 0.1) is 6.92 Å². The van der Waals surface area contributed by atoms with Crippen molar-refractivity contribution in [2.24, 2.45) is 0 Å². The lowest BCUT2D eigenvalue weighted by Crippen LogP contribution is -2.29. The lowest BCUT2D eigenvalue weighted by atomic mass is 10.1. The molecule has 5 heteroatoms. The number of hydrogen-bond donors (Lipinski definition) is 1. The summed E-state index contributed by atoms with van der Waals surface area (Å²) in [5, 5.41) is 4.16. The summed E-state index contributed by atoms with van der Waals surface area (Å²) in [7, 11) is 0. The first-order chi connectivity index (χ1) is 13.6. The van der Waals surface area contributed by atoms with Crippen molar-refractivity contribution in [3.8, 4) is 11.5 Å². The van der Waals surface area contributed by atoms with E-state index in [9.17, 15) is 4.79 Å². The number of aryl methyl sites for hydroxylation is 1. The predicted molar refractivity (Wildman–Crippen MR) is 112 cm³/mol. The van der Waals surface area contributed by atoms with Gasteiger partial charge in [-0.2, -0.15) is 0 Å². The molecule has 0 spiro atoms. The molecule has 0 saturated heterocycles. The summed E-state index contributed by atoms with van der Waals surface area (Å²) in [4.78, 5) is 12.3. The third-order valence-electron chi connectivity index (χ3n) is 4.58. The Kier molecular flexibility index (Phi) is 6.58. The molecular formula is C23H28N2O3. The smallest absolute Gasteiger partial charge is 0.239 e. The van der Waals surface area contributed by atoms with Gasteiger partial charge in [-0.15, -0.1) is 0 Å². The van der Waals surface area contributed by atoms with Crippen LogP contribution in [0.4, 0.5) is 0 Å². The van der Waals surface area contributed by atoms with Crippen LogP contribution < -0.4 is 14.8 Å². The molecule has 1 amide bonds. The molecule has 0 fully saturated rings. The summed E-state index contributed by atoms with van der Waals surface area (Å²) in [6, 6.07) is 14.2. The molecule has 3 rings (SSSR count). The number of rotatable bonds is 9. The van der Waals surface area contributed by atoms with E-state index in [2.05, 4.69) is 30.4 Å². The highest BCUT2D eigenvalue weighted by molar-refractivity contribution is 5.83. The molecule has 0 radical (unpaired) electrons. The van der Waals surface area contributed by atoms with Crippen molar-refractivity contribution in [3.63, 3.8) is 0 Å². The van der Waals surface area contributed by atoms with Crippen molar-refractivity contribution in [3.05, 3.63) is 59.8 Å². The molecule has 0 aliphatic carbocycles. The SMILES string of the molecule is CCOc1ccc(CCNC(=O)Cn2ccc3cc(C)ccc32)cc1OCC. The van der Waals surface area contributed by atoms with Gasteiger partial charge >= 0.3 is 0 Å². The number of amides is 1. The van der Waals surface area contributed by atoms with Crippen LogP contribution in [0.2, 0.25) is 0 Å². The van der Waals surface area contributed by atoms with E-state index in [1.165, 1.54) is 5.56 Å². The molecule has 2 aromatic carbocycles. The number of ether oxygens (including phenoxy) is 2. The maximum atomic E-state index is 12.3. The largest absolute Gasteiger partial charge is 0.490 e. The summed E-state index contributed by atoms with van der Waals surface area (Å²) in [6.45, 7) is 8.06. The minimum atomic E-state index is 0.00837. The van der Waals surface area contributed by atoms with E-state index in [4.69, 9.17) is 9.47 Å². The number of nitrogens with zero attached hydrogens (tertiary/aromatic N) is 1. The molecule has 1 heterocycles. The van der Waals surface area contributed by atoms with Gasteiger partial charge in [0, 0.05) is 18.3 Å². The molecule has 0 unspecified atom stereocenters. The molecule has 28 heavy (non-hydrogen) atoms. The van der Waals surface area contributed by atoms with Crippen LogP contribution in [0.15, 0.2) is 48.7 Å². The fourth-order valence-electron chi connectivity index (χ4n) is 3.27. The lowest BCUT2D eigenvalue weighted by Gasteiger charge is -2.13. The highest BCUT2D eigenvalue weighted by Crippen LogP contribution is 2.28. The van der Waals surface area contributed by atoms with Gasteiger partial charge in [0.2, 0.25) is 5.91 Å². The second kappa shape index (κ2) is 9.31. The Morgan fingerprint density at radius 1 is 1.00 bits per heavy atom. The van der Waals surface area contributed by atoms with Crippen LogP contribution in [0.3, 0.4) is 0 Å². The number of benzene rings is 2. The second-order valence-electron chi connectivity index (χ2n) is 6.75. The third-order valence-corrected chi connectivity index (χ3v) is 4.58. The van der Waals surface area contributed by atoms with Crippen LogP contribution in [-0.2, 0) is 17.8 Å². The Morgan fingerprint density at radius 3 is 2.57 bits per heavy atom. The van der Waals surface area contributed by atoms with Crippen LogP contribution in [-0.4, -0.2) is 30.2 Å². The zero-order valence-corrected chi connectivity index (χ0v) is 16.8. The first kappa shape index (κ1) is 19.8. The highest BCUT2D eigenvalue weighted by atomic mass is 16.5. The number of aromatic nitrogens is 1. The minimum Gasteiger partial charge on any atom is -0.490 e. The third kappa shape index (κ3) is 4.85. The Hall–Kier alpha value is -2.95. The number of carbonyl (C=O) groups is 1. The van der Waals surface area contributed by atoms with Crippen LogP contribution in [0.25, 0.3) is 10.9 Å². The van der Waals surface area contributed by atoms with Gasteiger partial charge in [-0.1, -0.05) is 17.7 Å². The van der Waals surface area contributed by atoms with Gasteiger partial charge in [0.15, 0.2) is 11.5 Å². The van der Waals surface area contributed by atoms with Gasteiger partial charge in [0.05, 0.1) is 13.2 Å². The summed E-state index contributed by atoms with van der Waals surface area (Å²) in [5.41, 5.74) is 3.40. The van der Waals surface area contributed by atoms with Gasteiger partial charge in [-0.3, -0.25) is 4.79 Å². The van der Waals surface area contributed by atoms with Crippen molar-refractivity contribution >= 4 is 16.8 Å². The quantitative estimate of drug-likeness (QED) is 0.608. The molecule has 1 N–H and O–H groups in total. The monoisotopic (exact) mass is 380 g/mol. The maximum absolute atomic E-state index is 12.3. The molecular weight excluding hydrogens is 352 g/mol. The Morgan fingerprint density at radius 2 is 1.79 bits per heavy atom. The van der Waals surface area contributed by atoms with E-state index in [-0.39, 0.29) is 5.91 Å². The van der Waals surface area contributed by atoms with Gasteiger partial charge in [-0.05, 0) is 68.5 Å². The average molecular weight is 380 g/mol. The first-order valence-corrected chi connectivity index (χ1v) is 9.81. The van der Waals surface area contributed by atoms with Gasteiger partial charge in [0.1, 0.15) is 6.54 Å². The fraction of sp³-hybridized carbons (Fsp3) is 0.348. The van der Waals surface area contributed by atoms with Crippen LogP contribution in [0.1, 0.15) is 25.0 Å². The topological polar surface area (TPSA) is 52.5 Å². The van der Waals surface area contributed by atoms with Crippen molar-refractivity contribution < 1.29 is 14.3 Å². The van der Waals surface area contributed by atoms with Crippen LogP contribution in [0.5, 0.6) is 11.5 Å². The van der Waals surface area contributed by atoms with E-state index in [1.54, 1.807) is 0 Å². The molecule has 0 aliphatic rings. The van der Waals surface area contributed by atoms with Crippen molar-refractivity contribution in [1.82, 2.24) is 9.88 Å². The van der Waals surface area contributed by atoms with Crippen molar-refractivity contribution in [1.29, 1.82) is 0 Å². The molecule has 5 nitrogen and oxygen atoms in total. The lowest BCUT2D eigenvalue weighted by molar-refractivity contribution is -0.121. The van der Waals surface area contributed by atoms with E-state index in [1.807, 2.05) is 48.9 Å². The summed E-state index contributed by atoms with van der Waals surface area (Å²) in [6.07, 6.45) is 2.70. The molecule has 1 aromatic heterocycles. The van der Waals surface area contributed by atoms with Gasteiger partial charge < -0.3 is 19.4 Å². The number of carbonyl (C=O) groups excluding carboxylic acids is 1. The number of hydrogen-bond acceptors (Lipinski definition) is 3. The van der Waals surface area contributed by atoms with E-state index in [0.29, 0.717) is 26.3 Å². The normalized spacial score (nSPS) is 10.8. The number of fused-ring (bicyclic) bond motifs is 1. The molecule has 0 bridgehead atoms. The van der Waals surface area contributed by atoms with E-state index >= 15 is 0 Å². The summed E-state index contributed by atoms with van der Waals surface area (Å²) >= 11 is 0. The molecule has 148 valence electrons. The highest BCUT2D eigenvalue weighted by Gasteiger charge is 2.08. The summed E-state index contributed by atoms with van der Waals surface area (Å²) in [5.74, 6) is 1.52. The Bertz CT molecular complexity index is 946. The Balaban J connectivity index is 1.55. The zero-order chi connectivity index (χ0) is 19.9. The van der Waals surface area contributed by atoms with Gasteiger partial charge in [0.25, 0.3) is 0 Å². The average Bonchev–Trinajstić information content (AvgIpc) is 3.06. The predicted octanol–water partition coefficient (Wildman–Crippen LogP) is 4.11. The minimum absolute atomic E-state index is 0.00837.